The van der Waals surface area contributed by atoms with Gasteiger partial charge in [0.1, 0.15) is 0 Å². The summed E-state index contributed by atoms with van der Waals surface area (Å²) in [6.45, 7) is 21.0. The molecular weight excluding hydrogens is 918 g/mol. The van der Waals surface area contributed by atoms with E-state index >= 15 is 0 Å². The highest BCUT2D eigenvalue weighted by molar-refractivity contribution is 6.91. The van der Waals surface area contributed by atoms with Crippen LogP contribution >= 0.6 is 0 Å². The molecule has 0 N–H and O–H groups in total. The van der Waals surface area contributed by atoms with Crippen molar-refractivity contribution < 1.29 is 6.85 Å². The van der Waals surface area contributed by atoms with Gasteiger partial charge in [0.05, 0.1) is 37.4 Å². The summed E-state index contributed by atoms with van der Waals surface area (Å²) in [5.41, 5.74) is 19.1. The second-order valence-corrected chi connectivity index (χ2v) is 25.4. The first-order chi connectivity index (χ1) is 38.7. The molecule has 0 fully saturated rings. The molecule has 8 aromatic carbocycles. The van der Waals surface area contributed by atoms with Crippen LogP contribution in [-0.2, 0) is 10.8 Å². The molecule has 368 valence electrons. The van der Waals surface area contributed by atoms with Gasteiger partial charge in [-0.1, -0.05) is 195 Å². The number of para-hydroxylation sites is 2. The first-order valence-corrected chi connectivity index (χ1v) is 27.4. The van der Waals surface area contributed by atoms with Crippen LogP contribution in [-0.4, -0.2) is 20.2 Å². The number of hydrogen-bond acceptors (Lipinski definition) is 0. The number of benzene rings is 8. The lowest BCUT2D eigenvalue weighted by Gasteiger charge is -2.42. The highest BCUT2D eigenvalue weighted by Gasteiger charge is 2.49. The third-order valence-electron chi connectivity index (χ3n) is 18.1. The molecule has 2 aliphatic carbocycles. The summed E-state index contributed by atoms with van der Waals surface area (Å²) in [7, 11) is 0. The van der Waals surface area contributed by atoms with E-state index in [1.54, 1.807) is 0 Å². The van der Waals surface area contributed by atoms with E-state index in [-0.39, 0.29) is 46.9 Å². The normalized spacial score (nSPS) is 19.5. The number of hydrogen-bond donors (Lipinski definition) is 0. The lowest BCUT2D eigenvalue weighted by Crippen LogP contribution is -2.57. The van der Waals surface area contributed by atoms with Crippen LogP contribution < -0.4 is 10.9 Å². The zero-order valence-electron chi connectivity index (χ0n) is 49.8. The Labute approximate surface area is 452 Å². The van der Waals surface area contributed by atoms with Crippen LogP contribution in [0.3, 0.4) is 0 Å². The topological polar surface area (TPSA) is 14.3 Å². The predicted molar refractivity (Wildman–Crippen MR) is 328 cm³/mol. The van der Waals surface area contributed by atoms with Crippen molar-refractivity contribution in [2.24, 2.45) is 5.41 Å². The maximum absolute atomic E-state index is 9.33. The Bertz CT molecular complexity index is 5060. The third kappa shape index (κ3) is 5.85. The molecular formula is C72H62BN3. The Hall–Kier alpha value is -7.82. The molecule has 4 heteroatoms. The number of fused-ring (bicyclic) bond motifs is 21. The van der Waals surface area contributed by atoms with Crippen LogP contribution in [0, 0.1) is 5.41 Å². The Morgan fingerprint density at radius 2 is 1.18 bits per heavy atom. The van der Waals surface area contributed by atoms with E-state index < -0.39 is 12.8 Å². The Balaban J connectivity index is 1.18. The van der Waals surface area contributed by atoms with Crippen molar-refractivity contribution in [3.8, 4) is 11.4 Å². The van der Waals surface area contributed by atoms with Crippen molar-refractivity contribution >= 4 is 122 Å². The second-order valence-electron chi connectivity index (χ2n) is 25.4. The molecule has 6 heterocycles. The van der Waals surface area contributed by atoms with Gasteiger partial charge in [0.2, 0.25) is 6.71 Å². The molecule has 3 atom stereocenters. The van der Waals surface area contributed by atoms with Crippen molar-refractivity contribution in [3.63, 3.8) is 0 Å². The molecule has 16 rings (SSSR count). The van der Waals surface area contributed by atoms with Gasteiger partial charge >= 0.3 is 0 Å². The molecule has 0 amide bonds. The lowest BCUT2D eigenvalue weighted by atomic mass is 9.29. The van der Waals surface area contributed by atoms with Crippen molar-refractivity contribution in [1.29, 1.82) is 0 Å². The number of aromatic nitrogens is 3. The van der Waals surface area contributed by atoms with Crippen molar-refractivity contribution in [2.45, 2.75) is 98.2 Å². The van der Waals surface area contributed by atoms with E-state index in [0.29, 0.717) is 11.1 Å². The van der Waals surface area contributed by atoms with Gasteiger partial charge in [-0.3, -0.25) is 0 Å². The minimum atomic E-state index is -1.25. The van der Waals surface area contributed by atoms with Crippen LogP contribution in [0.1, 0.15) is 122 Å². The van der Waals surface area contributed by atoms with Gasteiger partial charge in [0.25, 0.3) is 0 Å². The van der Waals surface area contributed by atoms with Crippen LogP contribution in [0.4, 0.5) is 0 Å². The number of nitrogens with zero attached hydrogens (tertiary/aromatic N) is 3. The summed E-state index contributed by atoms with van der Waals surface area (Å²) in [6.07, 6.45) is 0.906. The number of rotatable bonds is 1. The molecule has 0 bridgehead atoms. The van der Waals surface area contributed by atoms with Crippen LogP contribution in [0.5, 0.6) is 0 Å². The van der Waals surface area contributed by atoms with Crippen molar-refractivity contribution in [1.82, 2.24) is 13.5 Å². The molecule has 2 aliphatic heterocycles. The van der Waals surface area contributed by atoms with Crippen LogP contribution in [0.15, 0.2) is 169 Å². The summed E-state index contributed by atoms with van der Waals surface area (Å²) in [4.78, 5) is 0. The smallest absolute Gasteiger partial charge is 0.226 e. The van der Waals surface area contributed by atoms with Gasteiger partial charge in [-0.05, 0) is 138 Å². The first-order valence-electron chi connectivity index (χ1n) is 30.1. The molecule has 3 unspecified atom stereocenters. The molecule has 76 heavy (non-hydrogen) atoms. The summed E-state index contributed by atoms with van der Waals surface area (Å²) in [5.74, 6) is 0.0310. The average Bonchev–Trinajstić information content (AvgIpc) is 1.82. The standard InChI is InChI=1S/C72H62BN3/c1-70(2,3)43-31-33-60-54(35-43)56-37-45(72(7,8)9)38-57-67(56)75(60)63-40-62-64(52-28-19-27-51-49-25-16-14-23-47(49)46-22-13-15-24-48(46)50-26-17-18-29-59(50)74(62)66(51)52)69-65(63)73(57)58-39-44(71(4,5)6)36-55-53-34-42(41-20-11-10-12-21-41)30-32-61(53)76(69)68(55)58/h10-11,13-20,22-38,40,58H,12,21,39H2,1-9H3/i10D,11D,12D,20D,21D. The van der Waals surface area contributed by atoms with Crippen molar-refractivity contribution in [2.75, 3.05) is 0 Å². The summed E-state index contributed by atoms with van der Waals surface area (Å²) in [5, 5.41) is 13.1. The Morgan fingerprint density at radius 1 is 0.539 bits per heavy atom. The van der Waals surface area contributed by atoms with Gasteiger partial charge in [-0.2, -0.15) is 0 Å². The maximum atomic E-state index is 9.33. The molecule has 0 spiro atoms. The second kappa shape index (κ2) is 15.0. The van der Waals surface area contributed by atoms with Crippen molar-refractivity contribution in [3.05, 3.63) is 197 Å². The van der Waals surface area contributed by atoms with Crippen LogP contribution in [0.2, 0.25) is 0 Å². The van der Waals surface area contributed by atoms with Gasteiger partial charge in [0.15, 0.2) is 0 Å². The molecule has 4 aromatic heterocycles. The lowest BCUT2D eigenvalue weighted by molar-refractivity contribution is 0.479. The van der Waals surface area contributed by atoms with Crippen LogP contribution in [0.25, 0.3) is 115 Å². The number of allylic oxidation sites excluding steroid dienone is 5. The fraction of sp³-hybridized carbons (Fsp3) is 0.222. The van der Waals surface area contributed by atoms with Gasteiger partial charge in [-0.15, -0.1) is 0 Å². The van der Waals surface area contributed by atoms with Gasteiger partial charge in [-0.25, -0.2) is 0 Å². The Morgan fingerprint density at radius 3 is 1.92 bits per heavy atom. The first kappa shape index (κ1) is 39.6. The van der Waals surface area contributed by atoms with E-state index in [2.05, 4.69) is 221 Å². The SMILES string of the molecule is [2H]C1=C([2H])C([2H])C([2H])C(c2ccc3c(c2)c2c4n3-c3c5c(cc6c3c3cccc7c8ccccc8c8ccccc8c8ccccc8n6c73)-n3c6ccc(C(C)(C)C)cc6c6cc(C(C)(C)C)cc(c63)B5C4CC(C(C)(C)C)=C2)=C1[2H]. The van der Waals surface area contributed by atoms with E-state index in [9.17, 15) is 2.74 Å². The zero-order chi connectivity index (χ0) is 55.8. The van der Waals surface area contributed by atoms with Gasteiger partial charge < -0.3 is 13.5 Å². The molecule has 0 radical (unpaired) electrons. The third-order valence-corrected chi connectivity index (χ3v) is 18.1. The largest absolute Gasteiger partial charge is 0.313 e. The van der Waals surface area contributed by atoms with Gasteiger partial charge in [0, 0.05) is 62.9 Å². The summed E-state index contributed by atoms with van der Waals surface area (Å²) in [6, 6.07) is 54.4. The predicted octanol–water partition coefficient (Wildman–Crippen LogP) is 18.0. The average molecular weight is 985 g/mol. The molecule has 4 aliphatic rings. The monoisotopic (exact) mass is 985 g/mol. The minimum Gasteiger partial charge on any atom is -0.313 e. The molecule has 0 saturated heterocycles. The van der Waals surface area contributed by atoms with E-state index in [0.717, 1.165) is 39.4 Å². The molecule has 3 nitrogen and oxygen atoms in total. The highest BCUT2D eigenvalue weighted by atomic mass is 15.1. The molecule has 0 saturated carbocycles. The summed E-state index contributed by atoms with van der Waals surface area (Å²) < 4.78 is 52.7. The quantitative estimate of drug-likeness (QED) is 0.146. The molecule has 12 aromatic rings. The minimum absolute atomic E-state index is 0.0310. The van der Waals surface area contributed by atoms with E-state index in [1.807, 2.05) is 6.07 Å². The Kier molecular flexibility index (Phi) is 7.80. The fourth-order valence-corrected chi connectivity index (χ4v) is 14.4. The van der Waals surface area contributed by atoms with E-state index in [1.165, 1.54) is 110 Å². The van der Waals surface area contributed by atoms with E-state index in [4.69, 9.17) is 4.11 Å². The summed E-state index contributed by atoms with van der Waals surface area (Å²) >= 11 is 0. The highest BCUT2D eigenvalue weighted by Crippen LogP contribution is 2.54. The maximum Gasteiger partial charge on any atom is 0.226 e. The fourth-order valence-electron chi connectivity index (χ4n) is 14.4. The zero-order valence-corrected chi connectivity index (χ0v) is 44.8.